The van der Waals surface area contributed by atoms with Crippen LogP contribution in [0.2, 0.25) is 0 Å². The minimum atomic E-state index is -1.27. The molecule has 27 heavy (non-hydrogen) atoms. The second kappa shape index (κ2) is 7.93. The highest BCUT2D eigenvalue weighted by Crippen LogP contribution is 2.38. The van der Waals surface area contributed by atoms with Crippen LogP contribution in [0.5, 0.6) is 0 Å². The van der Waals surface area contributed by atoms with Gasteiger partial charge in [-0.05, 0) is 24.7 Å². The highest BCUT2D eigenvalue weighted by Gasteiger charge is 2.55. The van der Waals surface area contributed by atoms with Crippen molar-refractivity contribution in [2.24, 2.45) is 17.6 Å². The maximum Gasteiger partial charge on any atom is 0.327 e. The molecule has 2 rings (SSSR count). The van der Waals surface area contributed by atoms with E-state index in [1.54, 1.807) is 13.8 Å². The number of ether oxygens (including phenoxy) is 1. The van der Waals surface area contributed by atoms with Crippen LogP contribution in [0.25, 0.3) is 0 Å². The van der Waals surface area contributed by atoms with E-state index in [0.717, 1.165) is 24.2 Å². The van der Waals surface area contributed by atoms with Gasteiger partial charge in [-0.2, -0.15) is 0 Å². The van der Waals surface area contributed by atoms with Crippen molar-refractivity contribution in [3.8, 4) is 0 Å². The fourth-order valence-corrected chi connectivity index (χ4v) is 3.63. The summed E-state index contributed by atoms with van der Waals surface area (Å²) in [5.74, 6) is -2.70. The van der Waals surface area contributed by atoms with Gasteiger partial charge >= 0.3 is 18.0 Å². The Balaban J connectivity index is 2.06. The number of hydrogen-bond acceptors (Lipinski definition) is 6. The number of nitrogens with one attached hydrogen (secondary N) is 2. The minimum absolute atomic E-state index is 0.0338. The van der Waals surface area contributed by atoms with Gasteiger partial charge in [-0.15, -0.1) is 0 Å². The van der Waals surface area contributed by atoms with Crippen LogP contribution in [-0.4, -0.2) is 52.9 Å². The molecule has 4 N–H and O–H groups in total. The lowest BCUT2D eigenvalue weighted by Gasteiger charge is -2.36. The summed E-state index contributed by atoms with van der Waals surface area (Å²) in [4.78, 5) is 61.0. The lowest BCUT2D eigenvalue weighted by molar-refractivity contribution is -0.160. The zero-order valence-electron chi connectivity index (χ0n) is 15.7. The van der Waals surface area contributed by atoms with E-state index in [1.807, 2.05) is 12.2 Å². The topological polar surface area (TPSA) is 148 Å². The number of esters is 1. The van der Waals surface area contributed by atoms with Gasteiger partial charge < -0.3 is 15.8 Å². The molecule has 0 aromatic carbocycles. The number of carbonyl (C=O) groups is 5. The lowest BCUT2D eigenvalue weighted by atomic mass is 9.73. The Bertz CT molecular complexity index is 664. The van der Waals surface area contributed by atoms with Crippen molar-refractivity contribution in [1.29, 1.82) is 0 Å². The maximum absolute atomic E-state index is 12.8. The molecule has 1 spiro atoms. The van der Waals surface area contributed by atoms with Crippen LogP contribution in [0.15, 0.2) is 0 Å². The Morgan fingerprint density at radius 1 is 1.33 bits per heavy atom. The van der Waals surface area contributed by atoms with Crippen LogP contribution in [0.1, 0.15) is 46.5 Å². The van der Waals surface area contributed by atoms with E-state index in [-0.39, 0.29) is 5.92 Å². The molecule has 1 aliphatic carbocycles. The van der Waals surface area contributed by atoms with Gasteiger partial charge in [-0.25, -0.2) is 9.59 Å². The smallest absolute Gasteiger partial charge is 0.327 e. The second-order valence-electron chi connectivity index (χ2n) is 7.45. The van der Waals surface area contributed by atoms with E-state index in [0.29, 0.717) is 6.42 Å². The van der Waals surface area contributed by atoms with E-state index >= 15 is 0 Å². The van der Waals surface area contributed by atoms with Crippen molar-refractivity contribution in [2.45, 2.75) is 58.1 Å². The van der Waals surface area contributed by atoms with Crippen LogP contribution in [-0.2, 0) is 19.1 Å². The molecule has 2 fully saturated rings. The van der Waals surface area contributed by atoms with E-state index in [4.69, 9.17) is 10.5 Å². The van der Waals surface area contributed by atoms with Crippen LogP contribution in [0.3, 0.4) is 0 Å². The molecule has 6 amide bonds. The molecule has 0 unspecified atom stereocenters. The second-order valence-corrected chi connectivity index (χ2v) is 7.45. The predicted octanol–water partition coefficient (Wildman–Crippen LogP) is 0.250. The number of rotatable bonds is 5. The first kappa shape index (κ1) is 20.7. The van der Waals surface area contributed by atoms with Crippen LogP contribution in [0.4, 0.5) is 9.59 Å². The summed E-state index contributed by atoms with van der Waals surface area (Å²) >= 11 is 0. The number of urea groups is 2. The quantitative estimate of drug-likeness (QED) is 0.458. The summed E-state index contributed by atoms with van der Waals surface area (Å²) in [6, 6.07) is -1.71. The molecule has 1 heterocycles. The summed E-state index contributed by atoms with van der Waals surface area (Å²) in [6.45, 7) is 4.53. The molecular weight excluding hydrogens is 356 g/mol. The molecule has 1 saturated carbocycles. The third-order valence-corrected chi connectivity index (χ3v) is 5.16. The minimum Gasteiger partial charge on any atom is -0.451 e. The fourth-order valence-electron chi connectivity index (χ4n) is 3.63. The normalized spacial score (nSPS) is 26.1. The number of nitrogens with two attached hydrogens (primary N) is 1. The molecule has 10 heteroatoms. The van der Waals surface area contributed by atoms with E-state index < -0.39 is 54.0 Å². The predicted molar refractivity (Wildman–Crippen MR) is 93.1 cm³/mol. The Morgan fingerprint density at radius 3 is 2.56 bits per heavy atom. The van der Waals surface area contributed by atoms with Gasteiger partial charge in [0.05, 0.1) is 0 Å². The highest BCUT2D eigenvalue weighted by molar-refractivity contribution is 6.09. The average Bonchev–Trinajstić information content (AvgIpc) is 2.79. The summed E-state index contributed by atoms with van der Waals surface area (Å²) < 4.78 is 5.10. The van der Waals surface area contributed by atoms with Crippen molar-refractivity contribution < 1.29 is 28.7 Å². The Kier molecular flexibility index (Phi) is 6.07. The molecule has 0 radical (unpaired) electrons. The third-order valence-electron chi connectivity index (χ3n) is 5.16. The fraction of sp³-hybridized carbons (Fsp3) is 0.706. The van der Waals surface area contributed by atoms with Crippen molar-refractivity contribution in [3.63, 3.8) is 0 Å². The Hall–Kier alpha value is -2.65. The molecule has 0 aromatic heterocycles. The monoisotopic (exact) mass is 382 g/mol. The molecule has 3 atom stereocenters. The molecule has 0 bridgehead atoms. The number of carbonyl (C=O) groups excluding carboxylic acids is 5. The largest absolute Gasteiger partial charge is 0.451 e. The first-order chi connectivity index (χ1) is 12.6. The first-order valence-corrected chi connectivity index (χ1v) is 9.02. The molecular formula is C17H26N4O6. The number of nitrogens with zero attached hydrogens (tertiary/aromatic N) is 1. The zero-order valence-corrected chi connectivity index (χ0v) is 15.7. The van der Waals surface area contributed by atoms with Crippen LogP contribution < -0.4 is 16.4 Å². The molecule has 0 aromatic rings. The number of amides is 6. The summed E-state index contributed by atoms with van der Waals surface area (Å²) in [7, 11) is 0. The summed E-state index contributed by atoms with van der Waals surface area (Å²) in [6.07, 6.45) is 1.87. The first-order valence-electron chi connectivity index (χ1n) is 9.02. The Morgan fingerprint density at radius 2 is 2.00 bits per heavy atom. The van der Waals surface area contributed by atoms with Crippen molar-refractivity contribution in [2.75, 3.05) is 6.54 Å². The molecule has 10 nitrogen and oxygen atoms in total. The Labute approximate surface area is 157 Å². The number of primary amides is 1. The molecule has 1 saturated heterocycles. The third kappa shape index (κ3) is 4.20. The van der Waals surface area contributed by atoms with Crippen molar-refractivity contribution in [1.82, 2.24) is 15.5 Å². The highest BCUT2D eigenvalue weighted by atomic mass is 16.5. The van der Waals surface area contributed by atoms with Crippen LogP contribution in [0, 0.1) is 11.8 Å². The van der Waals surface area contributed by atoms with Gasteiger partial charge in [0, 0.05) is 0 Å². The van der Waals surface area contributed by atoms with E-state index in [1.165, 1.54) is 0 Å². The average molecular weight is 382 g/mol. The zero-order chi connectivity index (χ0) is 20.4. The summed E-state index contributed by atoms with van der Waals surface area (Å²) in [5, 5.41) is 4.59. The SMILES string of the molecule is CC(C)[C@H](OC(=O)CN1C(=O)N[C@@]2(CCCC[C@H]2C)C1=O)C(=O)NC(N)=O. The van der Waals surface area contributed by atoms with Crippen molar-refractivity contribution in [3.05, 3.63) is 0 Å². The van der Waals surface area contributed by atoms with E-state index in [2.05, 4.69) is 5.32 Å². The molecule has 2 aliphatic rings. The standard InChI is InChI=1S/C17H26N4O6/c1-9(2)12(13(23)19-15(18)25)27-11(22)8-21-14(24)17(20-16(21)26)7-5-4-6-10(17)3/h9-10,12H,4-8H2,1-3H3,(H,20,26)(H3,18,19,23,25)/t10-,12+,17-/m1/s1. The van der Waals surface area contributed by atoms with Gasteiger partial charge in [0.15, 0.2) is 6.10 Å². The number of imide groups is 2. The van der Waals surface area contributed by atoms with Gasteiger partial charge in [0.2, 0.25) is 0 Å². The molecule has 1 aliphatic heterocycles. The number of hydrogen-bond donors (Lipinski definition) is 3. The van der Waals surface area contributed by atoms with E-state index in [9.17, 15) is 24.0 Å². The van der Waals surface area contributed by atoms with Crippen molar-refractivity contribution >= 4 is 29.8 Å². The maximum atomic E-state index is 12.8. The molecule has 150 valence electrons. The van der Waals surface area contributed by atoms with Crippen LogP contribution >= 0.6 is 0 Å². The summed E-state index contributed by atoms with van der Waals surface area (Å²) in [5.41, 5.74) is 3.93. The lowest BCUT2D eigenvalue weighted by Crippen LogP contribution is -2.54. The van der Waals surface area contributed by atoms with Gasteiger partial charge in [0.25, 0.3) is 11.8 Å². The van der Waals surface area contributed by atoms with Gasteiger partial charge in [-0.1, -0.05) is 33.6 Å². The van der Waals surface area contributed by atoms with Gasteiger partial charge in [0.1, 0.15) is 12.1 Å². The van der Waals surface area contributed by atoms with Gasteiger partial charge in [-0.3, -0.25) is 24.6 Å².